The molecule has 2 aromatic carbocycles. The summed E-state index contributed by atoms with van der Waals surface area (Å²) in [5.41, 5.74) is 1.23. The second kappa shape index (κ2) is 12.0. The minimum atomic E-state index is -3.37. The number of hydrogen-bond donors (Lipinski definition) is 2. The van der Waals surface area contributed by atoms with Crippen LogP contribution in [-0.4, -0.2) is 51.0 Å². The lowest BCUT2D eigenvalue weighted by atomic mass is 10.1. The van der Waals surface area contributed by atoms with Gasteiger partial charge in [-0.3, -0.25) is 4.72 Å². The maximum atomic E-state index is 12.6. The van der Waals surface area contributed by atoms with Gasteiger partial charge in [-0.25, -0.2) is 13.2 Å². The largest absolute Gasteiger partial charge is 0.490 e. The Bertz CT molecular complexity index is 1020. The lowest BCUT2D eigenvalue weighted by Gasteiger charge is -2.20. The van der Waals surface area contributed by atoms with Gasteiger partial charge < -0.3 is 19.6 Å². The average Bonchev–Trinajstić information content (AvgIpc) is 2.74. The van der Waals surface area contributed by atoms with Crippen molar-refractivity contribution in [2.24, 2.45) is 0 Å². The molecule has 0 amide bonds. The molecule has 2 N–H and O–H groups in total. The number of ether oxygens (including phenoxy) is 2. The number of carbonyl (C=O) groups is 1. The average molecular weight is 482 g/mol. The van der Waals surface area contributed by atoms with Crippen LogP contribution < -0.4 is 14.8 Å². The first-order valence-electron chi connectivity index (χ1n) is 10.0. The Kier molecular flexibility index (Phi) is 9.43. The predicted octanol–water partition coefficient (Wildman–Crippen LogP) is 2.37. The van der Waals surface area contributed by atoms with Crippen molar-refractivity contribution in [1.82, 2.24) is 5.32 Å². The number of carbonyl (C=O) groups excluding carboxylic acids is 1. The summed E-state index contributed by atoms with van der Waals surface area (Å²) in [6.07, 6.45) is 0.456. The lowest BCUT2D eigenvalue weighted by Crippen LogP contribution is -2.38. The highest BCUT2D eigenvalue weighted by Gasteiger charge is 2.18. The maximum Gasteiger partial charge on any atom is 0.338 e. The first-order valence-corrected chi connectivity index (χ1v) is 11.9. The van der Waals surface area contributed by atoms with Crippen LogP contribution in [0, 0.1) is 10.1 Å². The van der Waals surface area contributed by atoms with Gasteiger partial charge in [-0.2, -0.15) is 0 Å². The van der Waals surface area contributed by atoms with Crippen molar-refractivity contribution >= 4 is 21.7 Å². The fraction of sp³-hybridized carbons (Fsp3) is 0.381. The normalized spacial score (nSPS) is 12.1. The highest BCUT2D eigenvalue weighted by Crippen LogP contribution is 2.17. The van der Waals surface area contributed by atoms with E-state index >= 15 is 0 Å². The SMILES string of the molecule is CC(C)NCC(COc1ccc(NS(C)(=O)=O)cc1)OC(=O)c1ccc(CO[N+](=O)[O-])cc1. The van der Waals surface area contributed by atoms with Gasteiger partial charge in [-0.1, -0.05) is 26.0 Å². The van der Waals surface area contributed by atoms with Gasteiger partial charge in [0.25, 0.3) is 5.09 Å². The van der Waals surface area contributed by atoms with Gasteiger partial charge in [0.2, 0.25) is 10.0 Å². The highest BCUT2D eigenvalue weighted by molar-refractivity contribution is 7.92. The summed E-state index contributed by atoms with van der Waals surface area (Å²) >= 11 is 0. The first kappa shape index (κ1) is 25.9. The van der Waals surface area contributed by atoms with Crippen molar-refractivity contribution in [1.29, 1.82) is 0 Å². The molecular weight excluding hydrogens is 454 g/mol. The summed E-state index contributed by atoms with van der Waals surface area (Å²) in [5, 5.41) is 12.6. The third-order valence-electron chi connectivity index (χ3n) is 4.15. The van der Waals surface area contributed by atoms with Gasteiger partial charge in [-0.15, -0.1) is 10.1 Å². The number of sulfonamides is 1. The highest BCUT2D eigenvalue weighted by atomic mass is 32.2. The van der Waals surface area contributed by atoms with Crippen LogP contribution in [0.3, 0.4) is 0 Å². The molecule has 0 aliphatic rings. The molecule has 0 aliphatic carbocycles. The number of rotatable bonds is 13. The molecular formula is C21H27N3O8S. The molecule has 0 aromatic heterocycles. The molecule has 12 heteroatoms. The number of benzene rings is 2. The van der Waals surface area contributed by atoms with Gasteiger partial charge >= 0.3 is 5.97 Å². The quantitative estimate of drug-likeness (QED) is 0.250. The fourth-order valence-electron chi connectivity index (χ4n) is 2.61. The Morgan fingerprint density at radius 1 is 1.09 bits per heavy atom. The van der Waals surface area contributed by atoms with Crippen LogP contribution >= 0.6 is 0 Å². The molecule has 180 valence electrons. The third-order valence-corrected chi connectivity index (χ3v) is 4.75. The minimum absolute atomic E-state index is 0.0685. The fourth-order valence-corrected chi connectivity index (χ4v) is 3.17. The molecule has 0 spiro atoms. The number of esters is 1. The maximum absolute atomic E-state index is 12.6. The van der Waals surface area contributed by atoms with Crippen molar-refractivity contribution in [2.45, 2.75) is 32.6 Å². The number of nitrogens with zero attached hydrogens (tertiary/aromatic N) is 1. The van der Waals surface area contributed by atoms with Crippen LogP contribution in [0.25, 0.3) is 0 Å². The van der Waals surface area contributed by atoms with Crippen LogP contribution in [0.15, 0.2) is 48.5 Å². The van der Waals surface area contributed by atoms with E-state index in [0.717, 1.165) is 6.26 Å². The van der Waals surface area contributed by atoms with Crippen LogP contribution in [0.5, 0.6) is 5.75 Å². The van der Waals surface area contributed by atoms with Crippen molar-refractivity contribution in [3.8, 4) is 5.75 Å². The Morgan fingerprint density at radius 2 is 1.73 bits per heavy atom. The van der Waals surface area contributed by atoms with E-state index in [2.05, 4.69) is 14.9 Å². The summed E-state index contributed by atoms with van der Waals surface area (Å²) in [6.45, 7) is 4.12. The smallest absolute Gasteiger partial charge is 0.338 e. The molecule has 0 aliphatic heterocycles. The standard InChI is InChI=1S/C21H27N3O8S/c1-15(2)22-12-20(14-30-19-10-8-18(9-11-19)23-33(3,28)29)32-21(25)17-6-4-16(5-7-17)13-31-24(26)27/h4-11,15,20,22-23H,12-14H2,1-3H3. The molecule has 2 rings (SSSR count). The molecule has 0 saturated heterocycles. The molecule has 1 atom stereocenters. The van der Waals surface area contributed by atoms with Crippen LogP contribution in [0.4, 0.5) is 5.69 Å². The van der Waals surface area contributed by atoms with E-state index < -0.39 is 27.2 Å². The molecule has 0 heterocycles. The van der Waals surface area contributed by atoms with Gasteiger partial charge in [-0.05, 0) is 42.0 Å². The van der Waals surface area contributed by atoms with E-state index in [1.54, 1.807) is 36.4 Å². The summed E-state index contributed by atoms with van der Waals surface area (Å²) in [5.74, 6) is -0.0848. The Labute approximate surface area is 192 Å². The topological polar surface area (TPSA) is 146 Å². The Hall–Kier alpha value is -3.38. The monoisotopic (exact) mass is 481 g/mol. The molecule has 0 radical (unpaired) electrons. The Balaban J connectivity index is 1.97. The van der Waals surface area contributed by atoms with Gasteiger partial charge in [0.05, 0.1) is 11.8 Å². The molecule has 0 saturated carbocycles. The van der Waals surface area contributed by atoms with Crippen molar-refractivity contribution in [3.05, 3.63) is 69.8 Å². The molecule has 0 bridgehead atoms. The summed E-state index contributed by atoms with van der Waals surface area (Å²) < 4.78 is 36.3. The second-order valence-corrected chi connectivity index (χ2v) is 9.24. The van der Waals surface area contributed by atoms with Crippen LogP contribution in [0.1, 0.15) is 29.8 Å². The van der Waals surface area contributed by atoms with E-state index in [0.29, 0.717) is 23.5 Å². The van der Waals surface area contributed by atoms with E-state index in [1.807, 2.05) is 13.8 Å². The van der Waals surface area contributed by atoms with Gasteiger partial charge in [0, 0.05) is 18.3 Å². The second-order valence-electron chi connectivity index (χ2n) is 7.49. The van der Waals surface area contributed by atoms with E-state index in [-0.39, 0.29) is 24.8 Å². The third kappa shape index (κ3) is 10.2. The summed E-state index contributed by atoms with van der Waals surface area (Å²) in [6, 6.07) is 12.6. The first-order chi connectivity index (χ1) is 15.5. The van der Waals surface area contributed by atoms with E-state index in [4.69, 9.17) is 9.47 Å². The number of nitrogens with one attached hydrogen (secondary N) is 2. The molecule has 11 nitrogen and oxygen atoms in total. The van der Waals surface area contributed by atoms with Crippen LogP contribution in [-0.2, 0) is 26.2 Å². The number of anilines is 1. The summed E-state index contributed by atoms with van der Waals surface area (Å²) in [4.78, 5) is 27.1. The van der Waals surface area contributed by atoms with Crippen molar-refractivity contribution < 1.29 is 32.6 Å². The zero-order chi connectivity index (χ0) is 24.4. The Morgan fingerprint density at radius 3 is 2.27 bits per heavy atom. The van der Waals surface area contributed by atoms with Gasteiger partial charge in [0.15, 0.2) is 0 Å². The lowest BCUT2D eigenvalue weighted by molar-refractivity contribution is -0.763. The van der Waals surface area contributed by atoms with Crippen molar-refractivity contribution in [3.63, 3.8) is 0 Å². The molecule has 2 aromatic rings. The molecule has 33 heavy (non-hydrogen) atoms. The van der Waals surface area contributed by atoms with Crippen molar-refractivity contribution in [2.75, 3.05) is 24.1 Å². The molecule has 0 fully saturated rings. The van der Waals surface area contributed by atoms with E-state index in [9.17, 15) is 23.3 Å². The molecule has 1 unspecified atom stereocenters. The zero-order valence-electron chi connectivity index (χ0n) is 18.5. The van der Waals surface area contributed by atoms with Gasteiger partial charge in [0.1, 0.15) is 25.1 Å². The van der Waals surface area contributed by atoms with Crippen LogP contribution in [0.2, 0.25) is 0 Å². The minimum Gasteiger partial charge on any atom is -0.490 e. The van der Waals surface area contributed by atoms with E-state index in [1.165, 1.54) is 12.1 Å². The summed E-state index contributed by atoms with van der Waals surface area (Å²) in [7, 11) is -3.37. The zero-order valence-corrected chi connectivity index (χ0v) is 19.3. The predicted molar refractivity (Wildman–Crippen MR) is 121 cm³/mol. The number of hydrogen-bond acceptors (Lipinski definition) is 9.